The van der Waals surface area contributed by atoms with Crippen LogP contribution in [0.1, 0.15) is 32.4 Å². The number of hydrogen-bond donors (Lipinski definition) is 1. The molecule has 0 radical (unpaired) electrons. The van der Waals surface area contributed by atoms with Gasteiger partial charge in [0.15, 0.2) is 8.32 Å². The summed E-state index contributed by atoms with van der Waals surface area (Å²) in [5, 5.41) is 11.7. The fourth-order valence-corrected chi connectivity index (χ4v) is 3.14. The number of aliphatic hydroxyl groups is 1. The summed E-state index contributed by atoms with van der Waals surface area (Å²) in [5.74, 6) is 0.544. The number of benzene rings is 1. The van der Waals surface area contributed by atoms with Crippen molar-refractivity contribution in [3.05, 3.63) is 35.9 Å². The van der Waals surface area contributed by atoms with Crippen LogP contribution in [0.25, 0.3) is 10.9 Å². The summed E-state index contributed by atoms with van der Waals surface area (Å²) in [6.07, 6.45) is -0.701. The van der Waals surface area contributed by atoms with Crippen LogP contribution in [-0.2, 0) is 4.43 Å². The van der Waals surface area contributed by atoms with Gasteiger partial charge in [0.1, 0.15) is 6.10 Å². The van der Waals surface area contributed by atoms with Gasteiger partial charge in [-0.3, -0.25) is 0 Å². The van der Waals surface area contributed by atoms with Gasteiger partial charge in [0.2, 0.25) is 5.88 Å². The third kappa shape index (κ3) is 3.91. The van der Waals surface area contributed by atoms with E-state index in [0.717, 1.165) is 16.5 Å². The van der Waals surface area contributed by atoms with Gasteiger partial charge in [-0.2, -0.15) is 0 Å². The van der Waals surface area contributed by atoms with Crippen molar-refractivity contribution in [3.63, 3.8) is 0 Å². The Labute approximate surface area is 139 Å². The minimum Gasteiger partial charge on any atom is -0.481 e. The zero-order chi connectivity index (χ0) is 17.3. The van der Waals surface area contributed by atoms with Crippen molar-refractivity contribution >= 4 is 19.2 Å². The maximum absolute atomic E-state index is 10.6. The van der Waals surface area contributed by atoms with Crippen LogP contribution in [0.2, 0.25) is 18.1 Å². The zero-order valence-corrected chi connectivity index (χ0v) is 15.9. The largest absolute Gasteiger partial charge is 0.481 e. The quantitative estimate of drug-likeness (QED) is 0.829. The van der Waals surface area contributed by atoms with E-state index in [1.54, 1.807) is 7.11 Å². The number of methoxy groups -OCH3 is 1. The lowest BCUT2D eigenvalue weighted by atomic mass is 10.1. The van der Waals surface area contributed by atoms with E-state index in [1.807, 2.05) is 30.3 Å². The van der Waals surface area contributed by atoms with Crippen molar-refractivity contribution in [2.24, 2.45) is 0 Å². The van der Waals surface area contributed by atoms with E-state index >= 15 is 0 Å². The van der Waals surface area contributed by atoms with E-state index < -0.39 is 14.4 Å². The monoisotopic (exact) mass is 333 g/mol. The molecule has 0 bridgehead atoms. The molecular weight excluding hydrogens is 306 g/mol. The highest BCUT2D eigenvalue weighted by Crippen LogP contribution is 2.37. The van der Waals surface area contributed by atoms with E-state index in [1.165, 1.54) is 0 Å². The number of rotatable bonds is 5. The number of aromatic nitrogens is 1. The number of ether oxygens (including phenoxy) is 1. The Morgan fingerprint density at radius 2 is 1.87 bits per heavy atom. The molecule has 4 nitrogen and oxygen atoms in total. The van der Waals surface area contributed by atoms with Crippen LogP contribution in [0.4, 0.5) is 0 Å². The first kappa shape index (κ1) is 17.9. The van der Waals surface area contributed by atoms with Crippen molar-refractivity contribution in [1.29, 1.82) is 0 Å². The molecule has 0 aliphatic heterocycles. The van der Waals surface area contributed by atoms with Crippen LogP contribution in [0.15, 0.2) is 30.3 Å². The van der Waals surface area contributed by atoms with Gasteiger partial charge in [0.05, 0.1) is 19.2 Å². The molecule has 1 heterocycles. The molecule has 0 unspecified atom stereocenters. The Kier molecular flexibility index (Phi) is 5.13. The number of hydrogen-bond acceptors (Lipinski definition) is 4. The number of para-hydroxylation sites is 1. The lowest BCUT2D eigenvalue weighted by Gasteiger charge is -2.36. The number of pyridine rings is 1. The zero-order valence-electron chi connectivity index (χ0n) is 14.9. The molecule has 0 spiro atoms. The van der Waals surface area contributed by atoms with Crippen LogP contribution in [0.3, 0.4) is 0 Å². The van der Waals surface area contributed by atoms with Crippen LogP contribution in [0.5, 0.6) is 5.88 Å². The van der Waals surface area contributed by atoms with Gasteiger partial charge in [0.25, 0.3) is 0 Å². The molecule has 2 rings (SSSR count). The fourth-order valence-electron chi connectivity index (χ4n) is 2.13. The highest BCUT2D eigenvalue weighted by molar-refractivity contribution is 6.74. The van der Waals surface area contributed by atoms with Gasteiger partial charge in [0, 0.05) is 17.0 Å². The molecule has 1 N–H and O–H groups in total. The Morgan fingerprint density at radius 3 is 2.48 bits per heavy atom. The Balaban J connectivity index is 2.26. The maximum Gasteiger partial charge on any atom is 0.213 e. The smallest absolute Gasteiger partial charge is 0.213 e. The summed E-state index contributed by atoms with van der Waals surface area (Å²) in [5.41, 5.74) is 1.54. The molecule has 0 aliphatic rings. The molecule has 0 amide bonds. The van der Waals surface area contributed by atoms with Crippen molar-refractivity contribution in [2.45, 2.75) is 45.0 Å². The van der Waals surface area contributed by atoms with Crippen LogP contribution in [0, 0.1) is 0 Å². The molecule has 1 atom stereocenters. The number of nitrogens with zero attached hydrogens (tertiary/aromatic N) is 1. The lowest BCUT2D eigenvalue weighted by Crippen LogP contribution is -2.41. The van der Waals surface area contributed by atoms with E-state index in [2.05, 4.69) is 38.8 Å². The Bertz CT molecular complexity index is 680. The van der Waals surface area contributed by atoms with Crippen molar-refractivity contribution < 1.29 is 14.3 Å². The van der Waals surface area contributed by atoms with Gasteiger partial charge in [-0.15, -0.1) is 0 Å². The third-order valence-electron chi connectivity index (χ3n) is 4.70. The summed E-state index contributed by atoms with van der Waals surface area (Å²) in [7, 11) is -0.300. The van der Waals surface area contributed by atoms with Gasteiger partial charge in [-0.25, -0.2) is 4.98 Å². The average Bonchev–Trinajstić information content (AvgIpc) is 2.50. The Morgan fingerprint density at radius 1 is 1.17 bits per heavy atom. The molecule has 2 aromatic rings. The van der Waals surface area contributed by atoms with Crippen LogP contribution >= 0.6 is 0 Å². The maximum atomic E-state index is 10.6. The topological polar surface area (TPSA) is 51.6 Å². The second-order valence-electron chi connectivity index (χ2n) is 7.36. The van der Waals surface area contributed by atoms with Gasteiger partial charge in [-0.1, -0.05) is 39.0 Å². The molecular formula is C18H27NO3Si. The average molecular weight is 334 g/mol. The van der Waals surface area contributed by atoms with E-state index in [0.29, 0.717) is 5.88 Å². The summed E-state index contributed by atoms with van der Waals surface area (Å²) >= 11 is 0. The Hall–Kier alpha value is -1.43. The minimum absolute atomic E-state index is 0.118. The third-order valence-corrected chi connectivity index (χ3v) is 9.20. The van der Waals surface area contributed by atoms with E-state index in [9.17, 15) is 5.11 Å². The molecule has 1 aromatic heterocycles. The second-order valence-corrected chi connectivity index (χ2v) is 12.2. The predicted octanol–water partition coefficient (Wildman–Crippen LogP) is 4.30. The molecule has 126 valence electrons. The van der Waals surface area contributed by atoms with Crippen LogP contribution in [-0.4, -0.2) is 32.1 Å². The molecule has 0 fully saturated rings. The highest BCUT2D eigenvalue weighted by atomic mass is 28.4. The second kappa shape index (κ2) is 6.59. The van der Waals surface area contributed by atoms with Gasteiger partial charge < -0.3 is 14.3 Å². The molecule has 0 aliphatic carbocycles. The lowest BCUT2D eigenvalue weighted by molar-refractivity contribution is 0.101. The summed E-state index contributed by atoms with van der Waals surface area (Å²) in [6, 6.07) is 9.58. The number of aliphatic hydroxyl groups excluding tert-OH is 1. The van der Waals surface area contributed by atoms with Crippen LogP contribution < -0.4 is 4.74 Å². The standard InChI is InChI=1S/C18H27NO3Si/c1-18(2,3)23(5,6)22-12-15(20)14-9-7-8-13-10-11-16(21-4)19-17(13)14/h7-11,15,20H,12H2,1-6H3/t15-/m0/s1. The van der Waals surface area contributed by atoms with Crippen molar-refractivity contribution in [3.8, 4) is 5.88 Å². The van der Waals surface area contributed by atoms with Crippen molar-refractivity contribution in [1.82, 2.24) is 4.98 Å². The van der Waals surface area contributed by atoms with Gasteiger partial charge in [-0.05, 0) is 24.2 Å². The minimum atomic E-state index is -1.89. The first-order valence-electron chi connectivity index (χ1n) is 7.91. The predicted molar refractivity (Wildman–Crippen MR) is 96.4 cm³/mol. The van der Waals surface area contributed by atoms with Crippen molar-refractivity contribution in [2.75, 3.05) is 13.7 Å². The summed E-state index contributed by atoms with van der Waals surface area (Å²) in [4.78, 5) is 4.48. The van der Waals surface area contributed by atoms with E-state index in [4.69, 9.17) is 9.16 Å². The summed E-state index contributed by atoms with van der Waals surface area (Å²) in [6.45, 7) is 11.2. The molecule has 23 heavy (non-hydrogen) atoms. The SMILES string of the molecule is COc1ccc2cccc([C@@H](O)CO[Si](C)(C)C(C)(C)C)c2n1. The first-order valence-corrected chi connectivity index (χ1v) is 10.8. The van der Waals surface area contributed by atoms with Gasteiger partial charge >= 0.3 is 0 Å². The first-order chi connectivity index (χ1) is 10.7. The highest BCUT2D eigenvalue weighted by Gasteiger charge is 2.37. The fraction of sp³-hybridized carbons (Fsp3) is 0.500. The summed E-state index contributed by atoms with van der Waals surface area (Å²) < 4.78 is 11.3. The molecule has 1 aromatic carbocycles. The normalized spacial score (nSPS) is 14.0. The number of fused-ring (bicyclic) bond motifs is 1. The molecule has 5 heteroatoms. The molecule has 0 saturated carbocycles. The molecule has 0 saturated heterocycles. The van der Waals surface area contributed by atoms with E-state index in [-0.39, 0.29) is 11.6 Å².